The van der Waals surface area contributed by atoms with Crippen molar-refractivity contribution in [2.45, 2.75) is 13.3 Å². The first-order valence-corrected chi connectivity index (χ1v) is 8.94. The number of ether oxygens (including phenoxy) is 1. The summed E-state index contributed by atoms with van der Waals surface area (Å²) >= 11 is 0. The Labute approximate surface area is 154 Å². The van der Waals surface area contributed by atoms with Crippen LogP contribution in [0.2, 0.25) is 0 Å². The van der Waals surface area contributed by atoms with Crippen molar-refractivity contribution in [3.8, 4) is 5.75 Å². The number of hydrogen-bond acceptors (Lipinski definition) is 3. The molecule has 0 bridgehead atoms. The predicted molar refractivity (Wildman–Crippen MR) is 101 cm³/mol. The fourth-order valence-corrected chi connectivity index (χ4v) is 3.09. The zero-order valence-corrected chi connectivity index (χ0v) is 15.3. The summed E-state index contributed by atoms with van der Waals surface area (Å²) in [7, 11) is 1.60. The van der Waals surface area contributed by atoms with Crippen LogP contribution in [0.1, 0.15) is 33.2 Å². The Morgan fingerprint density at radius 3 is 1.62 bits per heavy atom. The molecule has 5 heteroatoms. The Bertz CT molecular complexity index is 693. The van der Waals surface area contributed by atoms with E-state index in [0.717, 1.165) is 12.2 Å². The molecule has 1 aliphatic heterocycles. The molecule has 2 amide bonds. The van der Waals surface area contributed by atoms with Crippen molar-refractivity contribution in [2.75, 3.05) is 33.3 Å². The Kier molecular flexibility index (Phi) is 5.56. The van der Waals surface area contributed by atoms with Crippen molar-refractivity contribution in [1.82, 2.24) is 9.80 Å². The van der Waals surface area contributed by atoms with Gasteiger partial charge >= 0.3 is 0 Å². The first-order chi connectivity index (χ1) is 12.6. The number of rotatable bonds is 4. The van der Waals surface area contributed by atoms with E-state index in [0.29, 0.717) is 37.3 Å². The Morgan fingerprint density at radius 1 is 0.808 bits per heavy atom. The van der Waals surface area contributed by atoms with Gasteiger partial charge in [0, 0.05) is 37.3 Å². The predicted octanol–water partition coefficient (Wildman–Crippen LogP) is 2.86. The quantitative estimate of drug-likeness (QED) is 0.850. The second kappa shape index (κ2) is 8.04. The van der Waals surface area contributed by atoms with Gasteiger partial charge in [-0.1, -0.05) is 19.1 Å². The first kappa shape index (κ1) is 18.0. The van der Waals surface area contributed by atoms with Crippen LogP contribution in [0.5, 0.6) is 5.75 Å². The van der Waals surface area contributed by atoms with Gasteiger partial charge in [0.25, 0.3) is 11.8 Å². The minimum absolute atomic E-state index is 0.00736. The average molecular weight is 352 g/mol. The van der Waals surface area contributed by atoms with Gasteiger partial charge in [-0.05, 0) is 48.4 Å². The first-order valence-electron chi connectivity index (χ1n) is 8.94. The molecule has 26 heavy (non-hydrogen) atoms. The summed E-state index contributed by atoms with van der Waals surface area (Å²) in [5, 5.41) is 0. The monoisotopic (exact) mass is 352 g/mol. The van der Waals surface area contributed by atoms with E-state index in [4.69, 9.17) is 4.74 Å². The van der Waals surface area contributed by atoms with Crippen molar-refractivity contribution in [2.24, 2.45) is 0 Å². The minimum atomic E-state index is -0.00736. The lowest BCUT2D eigenvalue weighted by atomic mass is 10.1. The molecule has 1 aliphatic rings. The summed E-state index contributed by atoms with van der Waals surface area (Å²) in [6, 6.07) is 14.9. The second-order valence-corrected chi connectivity index (χ2v) is 6.36. The highest BCUT2D eigenvalue weighted by Gasteiger charge is 2.25. The van der Waals surface area contributed by atoms with Gasteiger partial charge in [-0.2, -0.15) is 0 Å². The number of carbonyl (C=O) groups excluding carboxylic acids is 2. The topological polar surface area (TPSA) is 49.9 Å². The van der Waals surface area contributed by atoms with E-state index < -0.39 is 0 Å². The molecular formula is C21H24N2O3. The lowest BCUT2D eigenvalue weighted by molar-refractivity contribution is 0.0535. The average Bonchev–Trinajstić information content (AvgIpc) is 2.73. The van der Waals surface area contributed by atoms with Crippen LogP contribution in [-0.4, -0.2) is 54.9 Å². The van der Waals surface area contributed by atoms with E-state index in [1.165, 1.54) is 5.56 Å². The van der Waals surface area contributed by atoms with Crippen molar-refractivity contribution in [3.63, 3.8) is 0 Å². The second-order valence-electron chi connectivity index (χ2n) is 6.36. The zero-order chi connectivity index (χ0) is 18.5. The van der Waals surface area contributed by atoms with E-state index in [-0.39, 0.29) is 11.8 Å². The van der Waals surface area contributed by atoms with Crippen molar-refractivity contribution in [3.05, 3.63) is 65.2 Å². The molecular weight excluding hydrogens is 328 g/mol. The number of piperazine rings is 1. The van der Waals surface area contributed by atoms with Crippen LogP contribution >= 0.6 is 0 Å². The lowest BCUT2D eigenvalue weighted by Crippen LogP contribution is -2.50. The summed E-state index contributed by atoms with van der Waals surface area (Å²) in [6.45, 7) is 4.29. The summed E-state index contributed by atoms with van der Waals surface area (Å²) in [6.07, 6.45) is 0.959. The van der Waals surface area contributed by atoms with Crippen LogP contribution in [0.15, 0.2) is 48.5 Å². The van der Waals surface area contributed by atoms with Crippen LogP contribution in [0.3, 0.4) is 0 Å². The molecule has 2 aromatic carbocycles. The van der Waals surface area contributed by atoms with Crippen LogP contribution < -0.4 is 4.74 Å². The maximum Gasteiger partial charge on any atom is 0.253 e. The highest BCUT2D eigenvalue weighted by atomic mass is 16.5. The summed E-state index contributed by atoms with van der Waals surface area (Å²) in [5.74, 6) is 0.752. The van der Waals surface area contributed by atoms with Gasteiger partial charge in [0.05, 0.1) is 7.11 Å². The maximum atomic E-state index is 12.6. The molecule has 0 spiro atoms. The molecule has 0 N–H and O–H groups in total. The third-order valence-electron chi connectivity index (χ3n) is 4.80. The standard InChI is InChI=1S/C21H24N2O3/c1-3-16-4-6-17(7-5-16)20(24)22-12-14-23(15-13-22)21(25)18-8-10-19(26-2)11-9-18/h4-11H,3,12-15H2,1-2H3. The van der Waals surface area contributed by atoms with Crippen LogP contribution in [0.25, 0.3) is 0 Å². The molecule has 5 nitrogen and oxygen atoms in total. The highest BCUT2D eigenvalue weighted by molar-refractivity contribution is 5.96. The SMILES string of the molecule is CCc1ccc(C(=O)N2CCN(C(=O)c3ccc(OC)cc3)CC2)cc1. The van der Waals surface area contributed by atoms with E-state index in [2.05, 4.69) is 6.92 Å². The Morgan fingerprint density at radius 2 is 1.23 bits per heavy atom. The molecule has 2 aromatic rings. The van der Waals surface area contributed by atoms with E-state index in [1.54, 1.807) is 36.3 Å². The largest absolute Gasteiger partial charge is 0.497 e. The molecule has 0 aliphatic carbocycles. The number of aryl methyl sites for hydroxylation is 1. The van der Waals surface area contributed by atoms with E-state index in [9.17, 15) is 9.59 Å². The van der Waals surface area contributed by atoms with Gasteiger partial charge in [0.2, 0.25) is 0 Å². The van der Waals surface area contributed by atoms with Crippen molar-refractivity contribution < 1.29 is 14.3 Å². The van der Waals surface area contributed by atoms with Gasteiger partial charge in [-0.3, -0.25) is 9.59 Å². The van der Waals surface area contributed by atoms with E-state index >= 15 is 0 Å². The number of benzene rings is 2. The van der Waals surface area contributed by atoms with E-state index in [1.807, 2.05) is 29.2 Å². The molecule has 0 radical (unpaired) electrons. The molecule has 0 aromatic heterocycles. The molecule has 1 heterocycles. The summed E-state index contributed by atoms with van der Waals surface area (Å²) in [4.78, 5) is 28.8. The normalized spacial score (nSPS) is 14.2. The highest BCUT2D eigenvalue weighted by Crippen LogP contribution is 2.15. The number of amides is 2. The molecule has 0 unspecified atom stereocenters. The molecule has 3 rings (SSSR count). The minimum Gasteiger partial charge on any atom is -0.497 e. The van der Waals surface area contributed by atoms with Gasteiger partial charge < -0.3 is 14.5 Å². The molecule has 136 valence electrons. The number of nitrogens with zero attached hydrogens (tertiary/aromatic N) is 2. The molecule has 1 fully saturated rings. The summed E-state index contributed by atoms with van der Waals surface area (Å²) < 4.78 is 5.12. The fraction of sp³-hybridized carbons (Fsp3) is 0.333. The number of hydrogen-bond donors (Lipinski definition) is 0. The van der Waals surface area contributed by atoms with Gasteiger partial charge in [-0.25, -0.2) is 0 Å². The van der Waals surface area contributed by atoms with Gasteiger partial charge in [-0.15, -0.1) is 0 Å². The molecule has 1 saturated heterocycles. The molecule has 0 saturated carbocycles. The van der Waals surface area contributed by atoms with Gasteiger partial charge in [0.1, 0.15) is 5.75 Å². The third kappa shape index (κ3) is 3.87. The smallest absolute Gasteiger partial charge is 0.253 e. The van der Waals surface area contributed by atoms with Crippen LogP contribution in [-0.2, 0) is 6.42 Å². The Balaban J connectivity index is 1.59. The third-order valence-corrected chi connectivity index (χ3v) is 4.80. The Hall–Kier alpha value is -2.82. The van der Waals surface area contributed by atoms with Gasteiger partial charge in [0.15, 0.2) is 0 Å². The summed E-state index contributed by atoms with van der Waals surface area (Å²) in [5.41, 5.74) is 2.56. The fourth-order valence-electron chi connectivity index (χ4n) is 3.09. The van der Waals surface area contributed by atoms with Crippen LogP contribution in [0.4, 0.5) is 0 Å². The number of carbonyl (C=O) groups is 2. The van der Waals surface area contributed by atoms with Crippen molar-refractivity contribution >= 4 is 11.8 Å². The zero-order valence-electron chi connectivity index (χ0n) is 15.3. The molecule has 0 atom stereocenters. The number of methoxy groups -OCH3 is 1. The van der Waals surface area contributed by atoms with Crippen molar-refractivity contribution in [1.29, 1.82) is 0 Å². The maximum absolute atomic E-state index is 12.6. The van der Waals surface area contributed by atoms with Crippen LogP contribution in [0, 0.1) is 0 Å². The lowest BCUT2D eigenvalue weighted by Gasteiger charge is -2.35.